The quantitative estimate of drug-likeness (QED) is 0.851. The Bertz CT molecular complexity index is 505. The number of hydrogen-bond donors (Lipinski definition) is 2. The summed E-state index contributed by atoms with van der Waals surface area (Å²) < 4.78 is 5.44. The molecule has 0 unspecified atom stereocenters. The molecule has 0 spiro atoms. The molecule has 1 aromatic carbocycles. The maximum absolute atomic E-state index is 8.93. The average Bonchev–Trinajstić information content (AvgIpc) is 2.84. The van der Waals surface area contributed by atoms with Gasteiger partial charge >= 0.3 is 0 Å². The summed E-state index contributed by atoms with van der Waals surface area (Å²) in [5.41, 5.74) is 2.58. The molecule has 1 atom stereocenters. The van der Waals surface area contributed by atoms with Crippen molar-refractivity contribution in [2.75, 3.05) is 0 Å². The van der Waals surface area contributed by atoms with E-state index in [1.165, 1.54) is 11.1 Å². The van der Waals surface area contributed by atoms with Gasteiger partial charge in [-0.2, -0.15) is 0 Å². The number of benzene rings is 1. The van der Waals surface area contributed by atoms with E-state index in [1.807, 2.05) is 12.1 Å². The lowest BCUT2D eigenvalue weighted by Crippen LogP contribution is -2.18. The van der Waals surface area contributed by atoms with E-state index in [-0.39, 0.29) is 12.6 Å². The molecular formula is C15H19NO2. The zero-order chi connectivity index (χ0) is 13.0. The van der Waals surface area contributed by atoms with Gasteiger partial charge in [0.25, 0.3) is 0 Å². The van der Waals surface area contributed by atoms with Crippen LogP contribution >= 0.6 is 0 Å². The fourth-order valence-electron chi connectivity index (χ4n) is 2.04. The molecular weight excluding hydrogens is 226 g/mol. The highest BCUT2D eigenvalue weighted by Crippen LogP contribution is 2.17. The first kappa shape index (κ1) is 12.9. The van der Waals surface area contributed by atoms with Gasteiger partial charge in [-0.1, -0.05) is 24.3 Å². The van der Waals surface area contributed by atoms with E-state index in [0.717, 1.165) is 5.76 Å². The summed E-state index contributed by atoms with van der Waals surface area (Å²) in [5.74, 6) is 1.45. The second-order valence-electron chi connectivity index (χ2n) is 4.49. The molecule has 0 saturated heterocycles. The van der Waals surface area contributed by atoms with Crippen molar-refractivity contribution in [1.82, 2.24) is 5.32 Å². The number of rotatable bonds is 5. The van der Waals surface area contributed by atoms with Crippen molar-refractivity contribution >= 4 is 0 Å². The van der Waals surface area contributed by atoms with Gasteiger partial charge in [0.2, 0.25) is 0 Å². The van der Waals surface area contributed by atoms with Crippen LogP contribution in [0.15, 0.2) is 40.8 Å². The van der Waals surface area contributed by atoms with Crippen molar-refractivity contribution in [1.29, 1.82) is 0 Å². The summed E-state index contributed by atoms with van der Waals surface area (Å²) in [6.07, 6.45) is 0. The SMILES string of the molecule is Cc1ccccc1[C@H](C)NCc1ccc(CO)o1. The van der Waals surface area contributed by atoms with Crippen LogP contribution in [0.25, 0.3) is 0 Å². The largest absolute Gasteiger partial charge is 0.462 e. The monoisotopic (exact) mass is 245 g/mol. The Morgan fingerprint density at radius 2 is 1.89 bits per heavy atom. The number of aryl methyl sites for hydroxylation is 1. The van der Waals surface area contributed by atoms with Crippen LogP contribution in [-0.2, 0) is 13.2 Å². The van der Waals surface area contributed by atoms with E-state index in [0.29, 0.717) is 12.3 Å². The summed E-state index contributed by atoms with van der Waals surface area (Å²) in [7, 11) is 0. The van der Waals surface area contributed by atoms with E-state index in [4.69, 9.17) is 9.52 Å². The third kappa shape index (κ3) is 3.00. The van der Waals surface area contributed by atoms with Crippen molar-refractivity contribution in [3.05, 3.63) is 59.0 Å². The molecule has 0 fully saturated rings. The summed E-state index contributed by atoms with van der Waals surface area (Å²) in [6.45, 7) is 4.87. The van der Waals surface area contributed by atoms with Gasteiger partial charge in [-0.25, -0.2) is 0 Å². The lowest BCUT2D eigenvalue weighted by Gasteiger charge is -2.15. The van der Waals surface area contributed by atoms with Crippen molar-refractivity contribution in [2.24, 2.45) is 0 Å². The van der Waals surface area contributed by atoms with Crippen LogP contribution in [0, 0.1) is 6.92 Å². The molecule has 0 amide bonds. The zero-order valence-electron chi connectivity index (χ0n) is 10.8. The van der Waals surface area contributed by atoms with Crippen LogP contribution in [0.3, 0.4) is 0 Å². The summed E-state index contributed by atoms with van der Waals surface area (Å²) in [4.78, 5) is 0. The molecule has 0 bridgehead atoms. The van der Waals surface area contributed by atoms with Crippen molar-refractivity contribution in [3.63, 3.8) is 0 Å². The first-order valence-electron chi connectivity index (χ1n) is 6.18. The molecule has 2 N–H and O–H groups in total. The van der Waals surface area contributed by atoms with Crippen molar-refractivity contribution in [2.45, 2.75) is 33.0 Å². The van der Waals surface area contributed by atoms with Gasteiger partial charge in [0.05, 0.1) is 6.54 Å². The molecule has 2 aromatic rings. The summed E-state index contributed by atoms with van der Waals surface area (Å²) in [5, 5.41) is 12.3. The fraction of sp³-hybridized carbons (Fsp3) is 0.333. The average molecular weight is 245 g/mol. The molecule has 0 aliphatic heterocycles. The van der Waals surface area contributed by atoms with E-state index in [9.17, 15) is 0 Å². The first-order chi connectivity index (χ1) is 8.70. The second kappa shape index (κ2) is 5.85. The molecule has 18 heavy (non-hydrogen) atoms. The predicted molar refractivity (Wildman–Crippen MR) is 71.1 cm³/mol. The van der Waals surface area contributed by atoms with Crippen molar-refractivity contribution in [3.8, 4) is 0 Å². The molecule has 0 saturated carbocycles. The zero-order valence-corrected chi connectivity index (χ0v) is 10.8. The molecule has 96 valence electrons. The number of aliphatic hydroxyl groups excluding tert-OH is 1. The minimum Gasteiger partial charge on any atom is -0.462 e. The topological polar surface area (TPSA) is 45.4 Å². The second-order valence-corrected chi connectivity index (χ2v) is 4.49. The third-order valence-electron chi connectivity index (χ3n) is 3.11. The fourth-order valence-corrected chi connectivity index (χ4v) is 2.04. The first-order valence-corrected chi connectivity index (χ1v) is 6.18. The maximum atomic E-state index is 8.93. The number of nitrogens with one attached hydrogen (secondary N) is 1. The maximum Gasteiger partial charge on any atom is 0.129 e. The van der Waals surface area contributed by atoms with E-state index in [2.05, 4.69) is 37.4 Å². The van der Waals surface area contributed by atoms with Crippen molar-refractivity contribution < 1.29 is 9.52 Å². The lowest BCUT2D eigenvalue weighted by molar-refractivity contribution is 0.242. The number of aliphatic hydroxyl groups is 1. The smallest absolute Gasteiger partial charge is 0.129 e. The highest BCUT2D eigenvalue weighted by molar-refractivity contribution is 5.28. The van der Waals surface area contributed by atoms with Gasteiger partial charge in [-0.05, 0) is 37.1 Å². The van der Waals surface area contributed by atoms with Gasteiger partial charge in [-0.3, -0.25) is 0 Å². The van der Waals surface area contributed by atoms with Gasteiger partial charge < -0.3 is 14.8 Å². The summed E-state index contributed by atoms with van der Waals surface area (Å²) in [6, 6.07) is 12.3. The van der Waals surface area contributed by atoms with E-state index >= 15 is 0 Å². The van der Waals surface area contributed by atoms with E-state index < -0.39 is 0 Å². The third-order valence-corrected chi connectivity index (χ3v) is 3.11. The number of hydrogen-bond acceptors (Lipinski definition) is 3. The Balaban J connectivity index is 1.96. The predicted octanol–water partition coefficient (Wildman–Crippen LogP) is 2.93. The summed E-state index contributed by atoms with van der Waals surface area (Å²) >= 11 is 0. The van der Waals surface area contributed by atoms with Gasteiger partial charge in [-0.15, -0.1) is 0 Å². The molecule has 1 aromatic heterocycles. The Labute approximate surface area is 107 Å². The van der Waals surface area contributed by atoms with E-state index in [1.54, 1.807) is 6.07 Å². The van der Waals surface area contributed by atoms with Crippen LogP contribution < -0.4 is 5.32 Å². The van der Waals surface area contributed by atoms with Crippen LogP contribution in [0.2, 0.25) is 0 Å². The standard InChI is InChI=1S/C15H19NO2/c1-11-5-3-4-6-15(11)12(2)16-9-13-7-8-14(10-17)18-13/h3-8,12,16-17H,9-10H2,1-2H3/t12-/m0/s1. The molecule has 0 aliphatic rings. The minimum atomic E-state index is -0.0483. The van der Waals surface area contributed by atoms with Gasteiger partial charge in [0.1, 0.15) is 18.1 Å². The highest BCUT2D eigenvalue weighted by atomic mass is 16.4. The van der Waals surface area contributed by atoms with Crippen LogP contribution in [0.1, 0.15) is 35.6 Å². The Kier molecular flexibility index (Phi) is 4.18. The normalized spacial score (nSPS) is 12.6. The highest BCUT2D eigenvalue weighted by Gasteiger charge is 2.08. The van der Waals surface area contributed by atoms with Crippen LogP contribution in [0.4, 0.5) is 0 Å². The minimum absolute atomic E-state index is 0.0483. The molecule has 2 rings (SSSR count). The Hall–Kier alpha value is -1.58. The molecule has 0 aliphatic carbocycles. The van der Waals surface area contributed by atoms with Crippen LogP contribution in [0.5, 0.6) is 0 Å². The number of furan rings is 1. The van der Waals surface area contributed by atoms with Gasteiger partial charge in [0.15, 0.2) is 0 Å². The Morgan fingerprint density at radius 1 is 1.17 bits per heavy atom. The lowest BCUT2D eigenvalue weighted by atomic mass is 10.0. The molecule has 0 radical (unpaired) electrons. The molecule has 1 heterocycles. The molecule has 3 nitrogen and oxygen atoms in total. The van der Waals surface area contributed by atoms with Gasteiger partial charge in [0, 0.05) is 6.04 Å². The molecule has 3 heteroatoms. The van der Waals surface area contributed by atoms with Crippen LogP contribution in [-0.4, -0.2) is 5.11 Å². The Morgan fingerprint density at radius 3 is 2.56 bits per heavy atom.